The van der Waals surface area contributed by atoms with Crippen molar-refractivity contribution >= 4 is 0 Å². The van der Waals surface area contributed by atoms with Crippen LogP contribution in [0.25, 0.3) is 0 Å². The molecule has 0 atom stereocenters. The van der Waals surface area contributed by atoms with E-state index in [0.29, 0.717) is 13.2 Å². The molecule has 0 unspecified atom stereocenters. The van der Waals surface area contributed by atoms with Crippen LogP contribution >= 0.6 is 0 Å². The summed E-state index contributed by atoms with van der Waals surface area (Å²) in [5, 5.41) is 0. The van der Waals surface area contributed by atoms with Crippen molar-refractivity contribution in [2.24, 2.45) is 0 Å². The van der Waals surface area contributed by atoms with E-state index in [-0.39, 0.29) is 0 Å². The molecule has 3 rings (SSSR count). The lowest BCUT2D eigenvalue weighted by molar-refractivity contribution is -0.347. The molecule has 3 nitrogen and oxygen atoms in total. The molecule has 0 aromatic heterocycles. The summed E-state index contributed by atoms with van der Waals surface area (Å²) in [6.45, 7) is 0.819. The first kappa shape index (κ1) is 17.4. The minimum Gasteiger partial charge on any atom is -0.382 e. The third kappa shape index (κ3) is 3.80. The third-order valence-corrected chi connectivity index (χ3v) is 4.10. The molecule has 0 aliphatic heterocycles. The van der Waals surface area contributed by atoms with Crippen LogP contribution in [0.5, 0.6) is 0 Å². The highest BCUT2D eigenvalue weighted by molar-refractivity contribution is 5.47. The van der Waals surface area contributed by atoms with Gasteiger partial charge in [-0.05, 0) is 16.7 Å². The number of ether oxygens (including phenoxy) is 1. The first-order valence-electron chi connectivity index (χ1n) is 8.34. The zero-order valence-electron chi connectivity index (χ0n) is 14.3. The van der Waals surface area contributed by atoms with Crippen LogP contribution in [0.3, 0.4) is 0 Å². The average molecular weight is 334 g/mol. The monoisotopic (exact) mass is 334 g/mol. The van der Waals surface area contributed by atoms with Crippen LogP contribution in [-0.2, 0) is 20.1 Å². The Bertz CT molecular complexity index is 645. The fourth-order valence-electron chi connectivity index (χ4n) is 2.91. The Labute approximate surface area is 148 Å². The molecule has 0 saturated carbocycles. The van der Waals surface area contributed by atoms with Crippen molar-refractivity contribution < 1.29 is 14.5 Å². The standard InChI is InChI=1S/C22H22O3/c1-23-17-18-24-25-22(19-11-5-2-6-12-19,20-13-7-3-8-14-20)21-15-9-4-10-16-21/h2-16H,17-18H2,1H3. The molecule has 0 amide bonds. The minimum absolute atomic E-state index is 0.352. The Morgan fingerprint density at radius 1 is 0.600 bits per heavy atom. The summed E-state index contributed by atoms with van der Waals surface area (Å²) in [7, 11) is 1.64. The van der Waals surface area contributed by atoms with Crippen molar-refractivity contribution in [1.29, 1.82) is 0 Å². The maximum atomic E-state index is 6.11. The first-order valence-corrected chi connectivity index (χ1v) is 8.34. The predicted molar refractivity (Wildman–Crippen MR) is 98.1 cm³/mol. The molecule has 0 fully saturated rings. The highest BCUT2D eigenvalue weighted by Crippen LogP contribution is 2.40. The van der Waals surface area contributed by atoms with Gasteiger partial charge in [-0.2, -0.15) is 0 Å². The molecule has 0 aliphatic rings. The van der Waals surface area contributed by atoms with Crippen molar-refractivity contribution in [3.05, 3.63) is 108 Å². The van der Waals surface area contributed by atoms with Gasteiger partial charge in [0.25, 0.3) is 0 Å². The highest BCUT2D eigenvalue weighted by atomic mass is 17.2. The van der Waals surface area contributed by atoms with Gasteiger partial charge in [-0.1, -0.05) is 91.0 Å². The summed E-state index contributed by atoms with van der Waals surface area (Å²) >= 11 is 0. The topological polar surface area (TPSA) is 27.7 Å². The molecular weight excluding hydrogens is 312 g/mol. The van der Waals surface area contributed by atoms with Gasteiger partial charge in [-0.25, -0.2) is 9.78 Å². The molecule has 0 heterocycles. The summed E-state index contributed by atoms with van der Waals surface area (Å²) in [5.41, 5.74) is 2.16. The molecule has 3 aromatic rings. The van der Waals surface area contributed by atoms with Gasteiger partial charge >= 0.3 is 0 Å². The number of hydrogen-bond donors (Lipinski definition) is 0. The number of rotatable bonds is 8. The van der Waals surface area contributed by atoms with Gasteiger partial charge in [0.15, 0.2) is 5.60 Å². The minimum atomic E-state index is -0.850. The Morgan fingerprint density at radius 2 is 1.00 bits per heavy atom. The van der Waals surface area contributed by atoms with E-state index in [1.807, 2.05) is 54.6 Å². The molecule has 0 aliphatic carbocycles. The summed E-state index contributed by atoms with van der Waals surface area (Å²) in [6, 6.07) is 30.4. The van der Waals surface area contributed by atoms with Crippen molar-refractivity contribution in [2.75, 3.05) is 20.3 Å². The van der Waals surface area contributed by atoms with Crippen LogP contribution < -0.4 is 0 Å². The normalized spacial score (nSPS) is 11.4. The second-order valence-corrected chi connectivity index (χ2v) is 5.68. The molecule has 3 aromatic carbocycles. The van der Waals surface area contributed by atoms with E-state index in [1.54, 1.807) is 7.11 Å². The van der Waals surface area contributed by atoms with E-state index >= 15 is 0 Å². The predicted octanol–water partition coefficient (Wildman–Crippen LogP) is 4.57. The molecular formula is C22H22O3. The van der Waals surface area contributed by atoms with E-state index in [0.717, 1.165) is 16.7 Å². The van der Waals surface area contributed by atoms with E-state index in [1.165, 1.54) is 0 Å². The number of methoxy groups -OCH3 is 1. The van der Waals surface area contributed by atoms with Crippen LogP contribution in [0.4, 0.5) is 0 Å². The Kier molecular flexibility index (Phi) is 5.96. The van der Waals surface area contributed by atoms with Gasteiger partial charge in [0.2, 0.25) is 0 Å². The summed E-state index contributed by atoms with van der Waals surface area (Å²) in [6.07, 6.45) is 0. The molecule has 0 radical (unpaired) electrons. The quantitative estimate of drug-likeness (QED) is 0.261. The van der Waals surface area contributed by atoms with Crippen LogP contribution in [0.2, 0.25) is 0 Å². The molecule has 0 bridgehead atoms. The maximum Gasteiger partial charge on any atom is 0.178 e. The van der Waals surface area contributed by atoms with Crippen LogP contribution in [0, 0.1) is 0 Å². The van der Waals surface area contributed by atoms with Gasteiger partial charge in [-0.15, -0.1) is 0 Å². The van der Waals surface area contributed by atoms with Gasteiger partial charge in [-0.3, -0.25) is 0 Å². The zero-order chi connectivity index (χ0) is 17.4. The maximum absolute atomic E-state index is 6.11. The van der Waals surface area contributed by atoms with Gasteiger partial charge < -0.3 is 4.74 Å². The van der Waals surface area contributed by atoms with Gasteiger partial charge in [0.05, 0.1) is 6.61 Å². The van der Waals surface area contributed by atoms with Gasteiger partial charge in [0.1, 0.15) is 6.61 Å². The molecule has 0 spiro atoms. The number of benzene rings is 3. The molecule has 0 N–H and O–H groups in total. The van der Waals surface area contributed by atoms with E-state index in [9.17, 15) is 0 Å². The second-order valence-electron chi connectivity index (χ2n) is 5.68. The lowest BCUT2D eigenvalue weighted by Crippen LogP contribution is -2.33. The fraction of sp³-hybridized carbons (Fsp3) is 0.182. The smallest absolute Gasteiger partial charge is 0.178 e. The SMILES string of the molecule is COCCOOC(c1ccccc1)(c1ccccc1)c1ccccc1. The van der Waals surface area contributed by atoms with Crippen LogP contribution in [-0.4, -0.2) is 20.3 Å². The Morgan fingerprint density at radius 3 is 1.36 bits per heavy atom. The lowest BCUT2D eigenvalue weighted by atomic mass is 9.80. The summed E-state index contributed by atoms with van der Waals surface area (Å²) in [4.78, 5) is 11.7. The van der Waals surface area contributed by atoms with Crippen molar-refractivity contribution in [2.45, 2.75) is 5.60 Å². The summed E-state index contributed by atoms with van der Waals surface area (Å²) in [5.74, 6) is 0. The van der Waals surface area contributed by atoms with Crippen LogP contribution in [0.15, 0.2) is 91.0 Å². The van der Waals surface area contributed by atoms with Crippen molar-refractivity contribution in [3.63, 3.8) is 0 Å². The number of hydrogen-bond acceptors (Lipinski definition) is 3. The molecule has 3 heteroatoms. The molecule has 0 saturated heterocycles. The average Bonchev–Trinajstić information content (AvgIpc) is 2.70. The van der Waals surface area contributed by atoms with Crippen LogP contribution in [0.1, 0.15) is 16.7 Å². The largest absolute Gasteiger partial charge is 0.382 e. The van der Waals surface area contributed by atoms with Crippen molar-refractivity contribution in [1.82, 2.24) is 0 Å². The highest BCUT2D eigenvalue weighted by Gasteiger charge is 2.39. The first-order chi connectivity index (χ1) is 12.4. The van der Waals surface area contributed by atoms with E-state index in [4.69, 9.17) is 14.5 Å². The molecule has 128 valence electrons. The summed E-state index contributed by atoms with van der Waals surface area (Å²) < 4.78 is 5.07. The van der Waals surface area contributed by atoms with E-state index in [2.05, 4.69) is 36.4 Å². The second kappa shape index (κ2) is 8.58. The van der Waals surface area contributed by atoms with Crippen molar-refractivity contribution in [3.8, 4) is 0 Å². The molecule has 25 heavy (non-hydrogen) atoms. The Hall–Kier alpha value is -2.46. The zero-order valence-corrected chi connectivity index (χ0v) is 14.3. The lowest BCUT2D eigenvalue weighted by Gasteiger charge is -2.34. The Balaban J connectivity index is 2.13. The third-order valence-electron chi connectivity index (χ3n) is 4.10. The fourth-order valence-corrected chi connectivity index (χ4v) is 2.91. The van der Waals surface area contributed by atoms with E-state index < -0.39 is 5.60 Å². The van der Waals surface area contributed by atoms with Gasteiger partial charge in [0, 0.05) is 7.11 Å².